The zero-order valence-electron chi connectivity index (χ0n) is 21.6. The Labute approximate surface area is 233 Å². The molecule has 1 amide bonds. The van der Waals surface area contributed by atoms with E-state index in [1.807, 2.05) is 0 Å². The Morgan fingerprint density at radius 3 is 1.88 bits per heavy atom. The molecule has 2 aliphatic rings. The molecule has 0 radical (unpaired) electrons. The molecule has 2 aromatic rings. The maximum atomic E-state index is 14.6. The molecular formula is C26H23F10NO4S. The first-order chi connectivity index (χ1) is 19.1. The Balaban J connectivity index is 1.79. The fraction of sp³-hybridized carbons (Fsp3) is 0.500. The van der Waals surface area contributed by atoms with Gasteiger partial charge in [-0.05, 0) is 49.6 Å². The largest absolute Gasteiger partial charge is 0.435 e. The smallest absolute Gasteiger partial charge is 0.359 e. The van der Waals surface area contributed by atoms with Crippen LogP contribution in [-0.4, -0.2) is 62.8 Å². The molecule has 0 spiro atoms. The quantitative estimate of drug-likeness (QED) is 0.289. The minimum atomic E-state index is -6.41. The topological polar surface area (TPSA) is 63.7 Å². The Kier molecular flexibility index (Phi) is 7.70. The fourth-order valence-corrected chi connectivity index (χ4v) is 7.31. The summed E-state index contributed by atoms with van der Waals surface area (Å²) in [6, 6.07) is 4.90. The number of amides is 1. The monoisotopic (exact) mass is 635 g/mol. The Hall–Kier alpha value is -2.88. The van der Waals surface area contributed by atoms with Gasteiger partial charge in [0.25, 0.3) is 11.8 Å². The van der Waals surface area contributed by atoms with E-state index in [1.54, 1.807) is 0 Å². The predicted octanol–water partition coefficient (Wildman–Crippen LogP) is 6.22. The van der Waals surface area contributed by atoms with Gasteiger partial charge in [0.2, 0.25) is 0 Å². The lowest BCUT2D eigenvalue weighted by Crippen LogP contribution is -2.54. The van der Waals surface area contributed by atoms with Crippen LogP contribution >= 0.6 is 0 Å². The summed E-state index contributed by atoms with van der Waals surface area (Å²) in [6.07, 6.45) is -14.4. The first-order valence-electron chi connectivity index (χ1n) is 12.3. The molecule has 0 saturated carbocycles. The third-order valence-corrected chi connectivity index (χ3v) is 10.3. The molecule has 2 aromatic carbocycles. The molecule has 42 heavy (non-hydrogen) atoms. The van der Waals surface area contributed by atoms with Crippen LogP contribution in [0.2, 0.25) is 0 Å². The van der Waals surface area contributed by atoms with Gasteiger partial charge in [0.1, 0.15) is 22.8 Å². The summed E-state index contributed by atoms with van der Waals surface area (Å²) in [5.41, 5.74) is -9.77. The fourth-order valence-electron chi connectivity index (χ4n) is 5.23. The summed E-state index contributed by atoms with van der Waals surface area (Å²) in [4.78, 5) is 13.9. The number of hydrogen-bond donors (Lipinski definition) is 0. The van der Waals surface area contributed by atoms with E-state index in [0.29, 0.717) is 12.1 Å². The number of sulfone groups is 1. The summed E-state index contributed by atoms with van der Waals surface area (Å²) in [6.45, 7) is -0.871. The van der Waals surface area contributed by atoms with Crippen LogP contribution in [0.3, 0.4) is 0 Å². The number of rotatable bonds is 5. The van der Waals surface area contributed by atoms with E-state index in [4.69, 9.17) is 4.74 Å². The van der Waals surface area contributed by atoms with Gasteiger partial charge in [-0.25, -0.2) is 26.0 Å². The Morgan fingerprint density at radius 2 is 1.40 bits per heavy atom. The van der Waals surface area contributed by atoms with Gasteiger partial charge in [-0.15, -0.1) is 0 Å². The van der Waals surface area contributed by atoms with Gasteiger partial charge in [0.05, 0.1) is 4.90 Å². The summed E-state index contributed by atoms with van der Waals surface area (Å²) in [5, 5.41) is 0. The predicted molar refractivity (Wildman–Crippen MR) is 126 cm³/mol. The van der Waals surface area contributed by atoms with Crippen LogP contribution in [0.15, 0.2) is 53.4 Å². The molecule has 16 heteroatoms. The van der Waals surface area contributed by atoms with Gasteiger partial charge in [-0.1, -0.05) is 24.3 Å². The summed E-state index contributed by atoms with van der Waals surface area (Å²) >= 11 is 0. The summed E-state index contributed by atoms with van der Waals surface area (Å²) in [7, 11) is -4.67. The van der Waals surface area contributed by atoms with Crippen molar-refractivity contribution >= 4 is 15.7 Å². The molecule has 0 bridgehead atoms. The maximum Gasteiger partial charge on any atom is 0.435 e. The van der Waals surface area contributed by atoms with Crippen molar-refractivity contribution in [1.82, 2.24) is 4.90 Å². The van der Waals surface area contributed by atoms with Crippen molar-refractivity contribution in [3.63, 3.8) is 0 Å². The van der Waals surface area contributed by atoms with Crippen LogP contribution in [-0.2, 0) is 29.8 Å². The molecule has 2 heterocycles. The molecule has 2 fully saturated rings. The number of likely N-dealkylation sites (tertiary alicyclic amines) is 1. The zero-order valence-corrected chi connectivity index (χ0v) is 22.4. The highest BCUT2D eigenvalue weighted by atomic mass is 32.2. The lowest BCUT2D eigenvalue weighted by atomic mass is 9.90. The third-order valence-electron chi connectivity index (χ3n) is 7.77. The van der Waals surface area contributed by atoms with Crippen molar-refractivity contribution in [3.8, 4) is 0 Å². The van der Waals surface area contributed by atoms with Crippen molar-refractivity contribution in [2.75, 3.05) is 19.7 Å². The van der Waals surface area contributed by atoms with Crippen molar-refractivity contribution < 1.29 is 61.9 Å². The summed E-state index contributed by atoms with van der Waals surface area (Å²) in [5.74, 6) is -4.86. The number of halogens is 10. The number of hydrogen-bond acceptors (Lipinski definition) is 4. The average molecular weight is 636 g/mol. The second-order valence-electron chi connectivity index (χ2n) is 10.5. The number of nitrogens with zero attached hydrogens (tertiary/aromatic N) is 1. The number of carbonyl (C=O) groups is 1. The first kappa shape index (κ1) is 32.0. The zero-order chi connectivity index (χ0) is 31.6. The third kappa shape index (κ3) is 5.13. The van der Waals surface area contributed by atoms with E-state index in [0.717, 1.165) is 29.2 Å². The lowest BCUT2D eigenvalue weighted by Gasteiger charge is -2.39. The van der Waals surface area contributed by atoms with E-state index in [1.165, 1.54) is 6.92 Å². The standard InChI is InChI=1S/C26H23F10NO4S/c1-21(10-11-23(28,29)15-41-21)20(38)37-13-12-22(14-37,42(39,40)19-8-6-18(27)7-9-19)16-2-4-17(5-3-16)24(30,25(31,32)33)26(34,35)36/h2-9H,10-15H2,1H3. The maximum absolute atomic E-state index is 14.6. The number of alkyl halides is 9. The summed E-state index contributed by atoms with van der Waals surface area (Å²) < 4.78 is 166. The Morgan fingerprint density at radius 1 is 0.857 bits per heavy atom. The minimum Gasteiger partial charge on any atom is -0.359 e. The van der Waals surface area contributed by atoms with Crippen molar-refractivity contribution in [2.24, 2.45) is 0 Å². The Bertz CT molecular complexity index is 1420. The van der Waals surface area contributed by atoms with E-state index >= 15 is 0 Å². The minimum absolute atomic E-state index is 0.163. The van der Waals surface area contributed by atoms with Gasteiger partial charge in [-0.3, -0.25) is 4.79 Å². The van der Waals surface area contributed by atoms with Crippen LogP contribution < -0.4 is 0 Å². The van der Waals surface area contributed by atoms with E-state index in [-0.39, 0.29) is 24.2 Å². The highest BCUT2D eigenvalue weighted by Gasteiger charge is 2.73. The van der Waals surface area contributed by atoms with Crippen molar-refractivity contribution in [1.29, 1.82) is 0 Å². The van der Waals surface area contributed by atoms with Crippen LogP contribution in [0.4, 0.5) is 43.9 Å². The van der Waals surface area contributed by atoms with Crippen LogP contribution in [0.5, 0.6) is 0 Å². The van der Waals surface area contributed by atoms with Crippen molar-refractivity contribution in [3.05, 3.63) is 65.5 Å². The number of carbonyl (C=O) groups excluding carboxylic acids is 1. The van der Waals surface area contributed by atoms with Gasteiger partial charge in [0.15, 0.2) is 9.84 Å². The second kappa shape index (κ2) is 10.1. The second-order valence-corrected chi connectivity index (χ2v) is 12.8. The number of benzene rings is 2. The van der Waals surface area contributed by atoms with Crippen LogP contribution in [0, 0.1) is 5.82 Å². The van der Waals surface area contributed by atoms with E-state index < -0.39 is 98.7 Å². The molecule has 2 aliphatic heterocycles. The van der Waals surface area contributed by atoms with Gasteiger partial charge < -0.3 is 9.64 Å². The highest BCUT2D eigenvalue weighted by Crippen LogP contribution is 2.54. The molecule has 4 rings (SSSR count). The molecule has 0 aromatic heterocycles. The van der Waals surface area contributed by atoms with E-state index in [2.05, 4.69) is 0 Å². The molecule has 0 N–H and O–H groups in total. The lowest BCUT2D eigenvalue weighted by molar-refractivity contribution is -0.348. The average Bonchev–Trinajstić information content (AvgIpc) is 3.36. The molecule has 232 valence electrons. The van der Waals surface area contributed by atoms with Gasteiger partial charge in [-0.2, -0.15) is 26.3 Å². The van der Waals surface area contributed by atoms with Gasteiger partial charge in [0, 0.05) is 25.1 Å². The molecule has 2 atom stereocenters. The normalized spacial score (nSPS) is 25.5. The van der Waals surface area contributed by atoms with Gasteiger partial charge >= 0.3 is 18.0 Å². The van der Waals surface area contributed by atoms with Crippen molar-refractivity contribution in [2.45, 2.75) is 65.4 Å². The molecule has 5 nitrogen and oxygen atoms in total. The molecule has 0 aliphatic carbocycles. The molecule has 2 saturated heterocycles. The highest BCUT2D eigenvalue weighted by molar-refractivity contribution is 7.92. The number of ether oxygens (including phenoxy) is 1. The first-order valence-corrected chi connectivity index (χ1v) is 13.8. The molecule has 2 unspecified atom stereocenters. The van der Waals surface area contributed by atoms with Crippen LogP contribution in [0.1, 0.15) is 37.3 Å². The van der Waals surface area contributed by atoms with E-state index in [9.17, 15) is 57.1 Å². The molecular weight excluding hydrogens is 612 g/mol. The SMILES string of the molecule is CC1(C(=O)N2CCC(c3ccc(C(F)(C(F)(F)F)C(F)(F)F)cc3)(S(=O)(=O)c3ccc(F)cc3)C2)CCC(F)(F)CO1. The van der Waals surface area contributed by atoms with Crippen LogP contribution in [0.25, 0.3) is 0 Å².